The Morgan fingerprint density at radius 3 is 2.84 bits per heavy atom. The first-order valence-electron chi connectivity index (χ1n) is 11.2. The van der Waals surface area contributed by atoms with Gasteiger partial charge < -0.3 is 10.8 Å². The zero-order chi connectivity index (χ0) is 22.5. The summed E-state index contributed by atoms with van der Waals surface area (Å²) in [7, 11) is 0. The summed E-state index contributed by atoms with van der Waals surface area (Å²) in [6, 6.07) is 10.3. The molecule has 3 atom stereocenters. The van der Waals surface area contributed by atoms with Crippen molar-refractivity contribution in [2.24, 2.45) is 28.0 Å². The van der Waals surface area contributed by atoms with Gasteiger partial charge in [-0.1, -0.05) is 39.0 Å². The maximum Gasteiger partial charge on any atom is 0.132 e. The maximum absolute atomic E-state index is 10.2. The van der Waals surface area contributed by atoms with Crippen LogP contribution in [0, 0.1) is 17.3 Å². The van der Waals surface area contributed by atoms with Crippen LogP contribution in [0.25, 0.3) is 27.4 Å². The van der Waals surface area contributed by atoms with Gasteiger partial charge in [-0.25, -0.2) is 4.52 Å². The molecular formula is C26H29N5O. The summed E-state index contributed by atoms with van der Waals surface area (Å²) in [5.74, 6) is 1.03. The van der Waals surface area contributed by atoms with Crippen LogP contribution in [0.15, 0.2) is 60.1 Å². The lowest BCUT2D eigenvalue weighted by atomic mass is 9.77. The van der Waals surface area contributed by atoms with Gasteiger partial charge in [0.2, 0.25) is 0 Å². The Bertz CT molecular complexity index is 1320. The lowest BCUT2D eigenvalue weighted by Gasteiger charge is -2.28. The van der Waals surface area contributed by atoms with Gasteiger partial charge in [0.1, 0.15) is 6.23 Å². The summed E-state index contributed by atoms with van der Waals surface area (Å²) in [6.45, 7) is 6.94. The molecule has 3 unspecified atom stereocenters. The largest absolute Gasteiger partial charge is 0.374 e. The number of fused-ring (bicyclic) bond motifs is 2. The van der Waals surface area contributed by atoms with Crippen molar-refractivity contribution in [3.05, 3.63) is 60.7 Å². The van der Waals surface area contributed by atoms with Crippen molar-refractivity contribution in [1.82, 2.24) is 14.6 Å². The number of aliphatic imine (C=N–C) groups is 1. The quantitative estimate of drug-likeness (QED) is 0.343. The minimum atomic E-state index is -1.14. The first-order chi connectivity index (χ1) is 15.4. The molecule has 0 amide bonds. The number of nitrogens with two attached hydrogens (primary N) is 1. The molecule has 0 spiro atoms. The summed E-state index contributed by atoms with van der Waals surface area (Å²) >= 11 is 0. The van der Waals surface area contributed by atoms with E-state index >= 15 is 0 Å². The third-order valence-electron chi connectivity index (χ3n) is 7.47. The van der Waals surface area contributed by atoms with Gasteiger partial charge in [-0.2, -0.15) is 5.10 Å². The van der Waals surface area contributed by atoms with E-state index in [2.05, 4.69) is 55.3 Å². The van der Waals surface area contributed by atoms with Crippen LogP contribution in [-0.4, -0.2) is 25.9 Å². The number of hydrogen-bond acceptors (Lipinski definition) is 5. The average Bonchev–Trinajstić information content (AvgIpc) is 3.32. The molecule has 6 heteroatoms. The third kappa shape index (κ3) is 3.40. The standard InChI is InChI=1S/C26H29N5O/c1-16-7-8-19(26(16,2)3)13-29-24-22(25(27)32)14-30-31-15-18(11-23(24)31)20-6-4-5-17-12-28-10-9-21(17)20/h4-6,9-16,19,25,32H,7-8,27H2,1-3H3. The number of rotatable bonds is 4. The monoisotopic (exact) mass is 427 g/mol. The Hall–Kier alpha value is -3.09. The molecule has 1 aliphatic rings. The zero-order valence-electron chi connectivity index (χ0n) is 18.7. The van der Waals surface area contributed by atoms with E-state index in [0.717, 1.165) is 33.8 Å². The minimum absolute atomic E-state index is 0.193. The fraction of sp³-hybridized carbons (Fsp3) is 0.346. The van der Waals surface area contributed by atoms with Crippen LogP contribution in [-0.2, 0) is 0 Å². The number of aliphatic hydroxyl groups excluding tert-OH is 1. The van der Waals surface area contributed by atoms with Crippen molar-refractivity contribution in [2.45, 2.75) is 39.8 Å². The van der Waals surface area contributed by atoms with Gasteiger partial charge in [0, 0.05) is 41.3 Å². The van der Waals surface area contributed by atoms with Crippen LogP contribution in [0.4, 0.5) is 5.69 Å². The molecule has 3 aromatic heterocycles. The molecule has 1 saturated carbocycles. The number of aliphatic hydroxyl groups is 1. The van der Waals surface area contributed by atoms with Crippen LogP contribution in [0.5, 0.6) is 0 Å². The van der Waals surface area contributed by atoms with Gasteiger partial charge in [-0.05, 0) is 53.2 Å². The molecule has 0 bridgehead atoms. The fourth-order valence-electron chi connectivity index (χ4n) is 4.91. The predicted molar refractivity (Wildman–Crippen MR) is 129 cm³/mol. The van der Waals surface area contributed by atoms with Gasteiger partial charge >= 0.3 is 0 Å². The Labute approximate surface area is 187 Å². The lowest BCUT2D eigenvalue weighted by molar-refractivity contribution is 0.186. The fourth-order valence-corrected chi connectivity index (χ4v) is 4.91. The highest BCUT2D eigenvalue weighted by molar-refractivity contribution is 5.97. The van der Waals surface area contributed by atoms with E-state index in [-0.39, 0.29) is 5.41 Å². The second-order valence-corrected chi connectivity index (χ2v) is 9.54. The summed E-state index contributed by atoms with van der Waals surface area (Å²) in [4.78, 5) is 9.14. The van der Waals surface area contributed by atoms with Gasteiger partial charge in [0.25, 0.3) is 0 Å². The van der Waals surface area contributed by atoms with Crippen LogP contribution in [0.1, 0.15) is 45.4 Å². The van der Waals surface area contributed by atoms with Crippen LogP contribution < -0.4 is 5.73 Å². The Morgan fingerprint density at radius 2 is 2.09 bits per heavy atom. The minimum Gasteiger partial charge on any atom is -0.374 e. The summed E-state index contributed by atoms with van der Waals surface area (Å²) in [6.07, 6.45) is 10.5. The molecule has 164 valence electrons. The van der Waals surface area contributed by atoms with E-state index in [9.17, 15) is 5.11 Å². The van der Waals surface area contributed by atoms with E-state index in [1.54, 1.807) is 6.20 Å². The highest BCUT2D eigenvalue weighted by atomic mass is 16.3. The lowest BCUT2D eigenvalue weighted by Crippen LogP contribution is -2.24. The molecule has 0 radical (unpaired) electrons. The first kappa shape index (κ1) is 20.8. The average molecular weight is 428 g/mol. The van der Waals surface area contributed by atoms with Gasteiger partial charge in [-0.3, -0.25) is 9.98 Å². The maximum atomic E-state index is 10.2. The Morgan fingerprint density at radius 1 is 1.25 bits per heavy atom. The van der Waals surface area contributed by atoms with Crippen molar-refractivity contribution in [3.8, 4) is 11.1 Å². The smallest absolute Gasteiger partial charge is 0.132 e. The molecule has 0 saturated heterocycles. The molecule has 32 heavy (non-hydrogen) atoms. The van der Waals surface area contributed by atoms with Gasteiger partial charge in [0.05, 0.1) is 17.4 Å². The highest BCUT2D eigenvalue weighted by Gasteiger charge is 2.39. The summed E-state index contributed by atoms with van der Waals surface area (Å²) < 4.78 is 1.82. The number of benzene rings is 1. The second-order valence-electron chi connectivity index (χ2n) is 9.54. The van der Waals surface area contributed by atoms with Crippen LogP contribution in [0.3, 0.4) is 0 Å². The summed E-state index contributed by atoms with van der Waals surface area (Å²) in [5, 5.41) is 16.9. The van der Waals surface area contributed by atoms with Crippen LogP contribution in [0.2, 0.25) is 0 Å². The zero-order valence-corrected chi connectivity index (χ0v) is 18.7. The molecular weight excluding hydrogens is 398 g/mol. The number of aromatic nitrogens is 3. The molecule has 6 nitrogen and oxygen atoms in total. The third-order valence-corrected chi connectivity index (χ3v) is 7.47. The van der Waals surface area contributed by atoms with E-state index in [1.165, 1.54) is 6.42 Å². The number of hydrogen-bond donors (Lipinski definition) is 2. The molecule has 4 aromatic rings. The molecule has 1 aromatic carbocycles. The SMILES string of the molecule is CC1CCC(C=Nc2c(C(N)O)cnn3cc(-c4cccc5cnccc45)cc23)C1(C)C. The van der Waals surface area contributed by atoms with Crippen molar-refractivity contribution in [1.29, 1.82) is 0 Å². The van der Waals surface area contributed by atoms with Crippen molar-refractivity contribution in [2.75, 3.05) is 0 Å². The van der Waals surface area contributed by atoms with E-state index in [4.69, 9.17) is 10.7 Å². The normalized spacial score (nSPS) is 21.7. The molecule has 0 aliphatic heterocycles. The topological polar surface area (TPSA) is 88.8 Å². The van der Waals surface area contributed by atoms with E-state index < -0.39 is 6.23 Å². The van der Waals surface area contributed by atoms with Crippen molar-refractivity contribution in [3.63, 3.8) is 0 Å². The van der Waals surface area contributed by atoms with Crippen molar-refractivity contribution < 1.29 is 5.11 Å². The predicted octanol–water partition coefficient (Wildman–Crippen LogP) is 5.27. The number of pyridine rings is 1. The van der Waals surface area contributed by atoms with E-state index in [0.29, 0.717) is 23.1 Å². The number of nitrogens with zero attached hydrogens (tertiary/aromatic N) is 4. The Balaban J connectivity index is 1.64. The molecule has 3 heterocycles. The van der Waals surface area contributed by atoms with Crippen molar-refractivity contribution >= 4 is 28.2 Å². The molecule has 1 aliphatic carbocycles. The summed E-state index contributed by atoms with van der Waals surface area (Å²) in [5.41, 5.74) is 10.2. The molecule has 1 fully saturated rings. The van der Waals surface area contributed by atoms with Gasteiger partial charge in [0.15, 0.2) is 0 Å². The molecule has 3 N–H and O–H groups in total. The first-order valence-corrected chi connectivity index (χ1v) is 11.2. The second kappa shape index (κ2) is 7.80. The van der Waals surface area contributed by atoms with Crippen LogP contribution >= 0.6 is 0 Å². The van der Waals surface area contributed by atoms with Gasteiger partial charge in [-0.15, -0.1) is 0 Å². The van der Waals surface area contributed by atoms with E-state index in [1.807, 2.05) is 35.2 Å². The highest BCUT2D eigenvalue weighted by Crippen LogP contribution is 2.46. The molecule has 5 rings (SSSR count). The Kier molecular flexibility index (Phi) is 5.07.